The third-order valence-electron chi connectivity index (χ3n) is 6.22. The molecule has 2 aromatic carbocycles. The molecule has 0 radical (unpaired) electrons. The van der Waals surface area contributed by atoms with Crippen molar-refractivity contribution in [1.29, 1.82) is 0 Å². The summed E-state index contributed by atoms with van der Waals surface area (Å²) in [5.74, 6) is 1.08. The normalized spacial score (nSPS) is 26.1. The van der Waals surface area contributed by atoms with E-state index in [2.05, 4.69) is 0 Å². The van der Waals surface area contributed by atoms with Crippen LogP contribution in [0.5, 0.6) is 23.0 Å². The van der Waals surface area contributed by atoms with E-state index in [-0.39, 0.29) is 18.6 Å². The first-order chi connectivity index (χ1) is 14.8. The molecule has 31 heavy (non-hydrogen) atoms. The number of hydrogen-bond acceptors (Lipinski definition) is 6. The second-order valence-corrected chi connectivity index (χ2v) is 8.48. The molecule has 2 aliphatic rings. The highest BCUT2D eigenvalue weighted by Gasteiger charge is 2.52. The van der Waals surface area contributed by atoms with Gasteiger partial charge in [0.2, 0.25) is 0 Å². The van der Waals surface area contributed by atoms with Gasteiger partial charge in [0.05, 0.1) is 26.2 Å². The van der Waals surface area contributed by atoms with Crippen LogP contribution >= 0.6 is 0 Å². The first-order valence-electron chi connectivity index (χ1n) is 10.3. The van der Waals surface area contributed by atoms with Gasteiger partial charge in [0, 0.05) is 11.5 Å². The van der Waals surface area contributed by atoms with Crippen LogP contribution in [-0.4, -0.2) is 43.6 Å². The highest BCUT2D eigenvalue weighted by Crippen LogP contribution is 2.52. The van der Waals surface area contributed by atoms with Gasteiger partial charge in [0.25, 0.3) is 0 Å². The average Bonchev–Trinajstić information content (AvgIpc) is 2.77. The number of carboxylic acids is 1. The zero-order valence-electron chi connectivity index (χ0n) is 18.2. The lowest BCUT2D eigenvalue weighted by atomic mass is 9.72. The maximum absolute atomic E-state index is 12.1. The molecule has 2 aromatic rings. The van der Waals surface area contributed by atoms with Crippen LogP contribution in [0.2, 0.25) is 0 Å². The summed E-state index contributed by atoms with van der Waals surface area (Å²) in [5.41, 5.74) is 0.309. The number of hydrogen-bond donors (Lipinski definition) is 1. The van der Waals surface area contributed by atoms with Crippen LogP contribution < -0.4 is 18.9 Å². The minimum absolute atomic E-state index is 0.120. The Kier molecular flexibility index (Phi) is 5.71. The lowest BCUT2D eigenvalue weighted by molar-refractivity contribution is -0.192. The second-order valence-electron chi connectivity index (χ2n) is 8.48. The maximum atomic E-state index is 12.1. The molecule has 7 heteroatoms. The molecule has 166 valence electrons. The van der Waals surface area contributed by atoms with Gasteiger partial charge < -0.3 is 28.8 Å². The zero-order valence-corrected chi connectivity index (χ0v) is 18.2. The van der Waals surface area contributed by atoms with Crippen molar-refractivity contribution in [2.75, 3.05) is 20.8 Å². The molecule has 0 spiro atoms. The quantitative estimate of drug-likeness (QED) is 0.742. The van der Waals surface area contributed by atoms with E-state index in [1.807, 2.05) is 32.0 Å². The Morgan fingerprint density at radius 3 is 2.35 bits per heavy atom. The molecule has 1 N–H and O–H groups in total. The highest BCUT2D eigenvalue weighted by molar-refractivity contribution is 5.71. The van der Waals surface area contributed by atoms with E-state index >= 15 is 0 Å². The minimum Gasteiger partial charge on any atom is -0.497 e. The van der Waals surface area contributed by atoms with Crippen molar-refractivity contribution in [1.82, 2.24) is 0 Å². The van der Waals surface area contributed by atoms with Crippen molar-refractivity contribution in [2.24, 2.45) is 11.8 Å². The molecule has 2 heterocycles. The Hall–Kier alpha value is -2.93. The van der Waals surface area contributed by atoms with E-state index in [0.29, 0.717) is 17.9 Å². The van der Waals surface area contributed by atoms with Gasteiger partial charge in [-0.3, -0.25) is 4.79 Å². The number of methoxy groups -OCH3 is 2. The van der Waals surface area contributed by atoms with Crippen LogP contribution in [-0.2, 0) is 9.53 Å². The largest absolute Gasteiger partial charge is 0.497 e. The van der Waals surface area contributed by atoms with Gasteiger partial charge in [0.15, 0.2) is 0 Å². The average molecular weight is 428 g/mol. The lowest BCUT2D eigenvalue weighted by Gasteiger charge is -2.50. The highest BCUT2D eigenvalue weighted by atomic mass is 16.6. The van der Waals surface area contributed by atoms with Gasteiger partial charge in [-0.05, 0) is 62.7 Å². The van der Waals surface area contributed by atoms with Crippen molar-refractivity contribution >= 4 is 5.97 Å². The number of aliphatic carboxylic acids is 1. The first-order valence-corrected chi connectivity index (χ1v) is 10.3. The predicted molar refractivity (Wildman–Crippen MR) is 113 cm³/mol. The second kappa shape index (κ2) is 8.30. The van der Waals surface area contributed by atoms with E-state index in [4.69, 9.17) is 23.7 Å². The molecule has 1 saturated heterocycles. The van der Waals surface area contributed by atoms with Gasteiger partial charge in [-0.25, -0.2) is 0 Å². The Labute approximate surface area is 181 Å². The van der Waals surface area contributed by atoms with Crippen molar-refractivity contribution < 1.29 is 33.6 Å². The molecule has 7 nitrogen and oxygen atoms in total. The standard InChI is InChI=1S/C24H28O7/c1-24(2)19-12-18(23(25)26)21(13-29-15-7-5-14(27-3)6-8-15)30-22(19)17-11-16(28-4)9-10-20(17)31-24/h5-11,18-19,21-22H,12-13H2,1-4H3,(H,25,26)/t18-,19-,21-,22+/m0/s1. The Morgan fingerprint density at radius 1 is 1.06 bits per heavy atom. The van der Waals surface area contributed by atoms with Crippen LogP contribution in [0.15, 0.2) is 42.5 Å². The third kappa shape index (κ3) is 4.14. The van der Waals surface area contributed by atoms with Crippen molar-refractivity contribution in [3.05, 3.63) is 48.0 Å². The van der Waals surface area contributed by atoms with E-state index in [9.17, 15) is 9.90 Å². The molecular weight excluding hydrogens is 400 g/mol. The van der Waals surface area contributed by atoms with Crippen molar-refractivity contribution in [2.45, 2.75) is 38.1 Å². The van der Waals surface area contributed by atoms with Crippen LogP contribution in [0.3, 0.4) is 0 Å². The number of carbonyl (C=O) groups is 1. The van der Waals surface area contributed by atoms with Gasteiger partial charge in [-0.15, -0.1) is 0 Å². The minimum atomic E-state index is -0.894. The predicted octanol–water partition coefficient (Wildman–Crippen LogP) is 4.10. The van der Waals surface area contributed by atoms with E-state index in [0.717, 1.165) is 17.1 Å². The summed E-state index contributed by atoms with van der Waals surface area (Å²) in [6.07, 6.45) is -0.483. The maximum Gasteiger partial charge on any atom is 0.309 e. The van der Waals surface area contributed by atoms with E-state index in [1.165, 1.54) is 0 Å². The molecule has 0 bridgehead atoms. The molecule has 0 aromatic heterocycles. The van der Waals surface area contributed by atoms with Crippen LogP contribution in [0.4, 0.5) is 0 Å². The Bertz CT molecular complexity index is 937. The zero-order chi connectivity index (χ0) is 22.2. The molecule has 0 aliphatic carbocycles. The van der Waals surface area contributed by atoms with Gasteiger partial charge >= 0.3 is 5.97 Å². The molecule has 4 rings (SSSR count). The summed E-state index contributed by atoms with van der Waals surface area (Å²) in [6, 6.07) is 12.8. The molecule has 0 unspecified atom stereocenters. The van der Waals surface area contributed by atoms with Gasteiger partial charge in [0.1, 0.15) is 41.3 Å². The fourth-order valence-electron chi connectivity index (χ4n) is 4.46. The fourth-order valence-corrected chi connectivity index (χ4v) is 4.46. The summed E-state index contributed by atoms with van der Waals surface area (Å²) in [6.45, 7) is 4.09. The number of fused-ring (bicyclic) bond motifs is 3. The number of benzene rings is 2. The van der Waals surface area contributed by atoms with E-state index < -0.39 is 23.6 Å². The first kappa shape index (κ1) is 21.3. The molecular formula is C24H28O7. The van der Waals surface area contributed by atoms with Gasteiger partial charge in [-0.2, -0.15) is 0 Å². The lowest BCUT2D eigenvalue weighted by Crippen LogP contribution is -2.53. The van der Waals surface area contributed by atoms with Crippen LogP contribution in [0.25, 0.3) is 0 Å². The molecule has 1 fully saturated rings. The van der Waals surface area contributed by atoms with Crippen LogP contribution in [0, 0.1) is 11.8 Å². The third-order valence-corrected chi connectivity index (χ3v) is 6.22. The Balaban J connectivity index is 1.60. The number of ether oxygens (including phenoxy) is 5. The molecule has 0 saturated carbocycles. The number of rotatable bonds is 6. The summed E-state index contributed by atoms with van der Waals surface area (Å²) in [7, 11) is 3.21. The molecule has 0 amide bonds. The smallest absolute Gasteiger partial charge is 0.309 e. The topological polar surface area (TPSA) is 83.5 Å². The SMILES string of the molecule is COc1ccc(OC[C@@H]2O[C@@H]3c4cc(OC)ccc4OC(C)(C)[C@H]3C[C@@H]2C(=O)O)cc1. The summed E-state index contributed by atoms with van der Waals surface area (Å²) in [5, 5.41) is 9.90. The van der Waals surface area contributed by atoms with E-state index in [1.54, 1.807) is 38.5 Å². The molecule has 4 atom stereocenters. The number of carboxylic acid groups (broad SMARTS) is 1. The summed E-state index contributed by atoms with van der Waals surface area (Å²) < 4.78 is 29.1. The van der Waals surface area contributed by atoms with Crippen molar-refractivity contribution in [3.63, 3.8) is 0 Å². The summed E-state index contributed by atoms with van der Waals surface area (Å²) >= 11 is 0. The summed E-state index contributed by atoms with van der Waals surface area (Å²) in [4.78, 5) is 12.1. The fraction of sp³-hybridized carbons (Fsp3) is 0.458. The monoisotopic (exact) mass is 428 g/mol. The van der Waals surface area contributed by atoms with Crippen LogP contribution in [0.1, 0.15) is 31.9 Å². The van der Waals surface area contributed by atoms with Crippen molar-refractivity contribution in [3.8, 4) is 23.0 Å². The molecule has 2 aliphatic heterocycles. The van der Waals surface area contributed by atoms with Gasteiger partial charge in [-0.1, -0.05) is 0 Å². The Morgan fingerprint density at radius 2 is 1.71 bits per heavy atom.